The molecule has 1 heterocycles. The molecule has 3 rings (SSSR count). The Morgan fingerprint density at radius 1 is 1.00 bits per heavy atom. The number of benzene rings is 2. The van der Waals surface area contributed by atoms with E-state index >= 15 is 0 Å². The Morgan fingerprint density at radius 2 is 1.61 bits per heavy atom. The summed E-state index contributed by atoms with van der Waals surface area (Å²) < 4.78 is 39.5. The number of hydrogen-bond acceptors (Lipinski definition) is 3. The zero-order valence-electron chi connectivity index (χ0n) is 18.6. The van der Waals surface area contributed by atoms with Crippen LogP contribution in [0.3, 0.4) is 0 Å². The van der Waals surface area contributed by atoms with Gasteiger partial charge in [0.05, 0.1) is 11.6 Å². The van der Waals surface area contributed by atoms with Gasteiger partial charge in [0.1, 0.15) is 5.75 Å². The first-order valence-corrected chi connectivity index (χ1v) is 10.9. The number of alkyl halides is 3. The number of rotatable bonds is 5. The average Bonchev–Trinajstić information content (AvgIpc) is 2.78. The van der Waals surface area contributed by atoms with E-state index < -0.39 is 17.8 Å². The molecule has 33 heavy (non-hydrogen) atoms. The minimum Gasteiger partial charge on any atom is -0.508 e. The summed E-state index contributed by atoms with van der Waals surface area (Å²) in [6.45, 7) is 5.19. The molecule has 0 aromatic heterocycles. The van der Waals surface area contributed by atoms with Crippen LogP contribution in [-0.4, -0.2) is 53.0 Å². The first kappa shape index (κ1) is 24.4. The van der Waals surface area contributed by atoms with Gasteiger partial charge >= 0.3 is 12.2 Å². The quantitative estimate of drug-likeness (QED) is 0.677. The van der Waals surface area contributed by atoms with Gasteiger partial charge in [-0.15, -0.1) is 0 Å². The van der Waals surface area contributed by atoms with E-state index in [1.807, 2.05) is 13.8 Å². The van der Waals surface area contributed by atoms with E-state index in [4.69, 9.17) is 0 Å². The van der Waals surface area contributed by atoms with Gasteiger partial charge < -0.3 is 20.2 Å². The summed E-state index contributed by atoms with van der Waals surface area (Å²) in [5, 5.41) is 12.3. The molecule has 0 aliphatic carbocycles. The van der Waals surface area contributed by atoms with Gasteiger partial charge in [-0.05, 0) is 54.3 Å². The van der Waals surface area contributed by atoms with E-state index in [-0.39, 0.29) is 23.6 Å². The lowest BCUT2D eigenvalue weighted by Crippen LogP contribution is -2.53. The molecule has 2 N–H and O–H groups in total. The van der Waals surface area contributed by atoms with Gasteiger partial charge in [0, 0.05) is 31.7 Å². The van der Waals surface area contributed by atoms with E-state index in [0.29, 0.717) is 43.7 Å². The first-order valence-electron chi connectivity index (χ1n) is 10.9. The summed E-state index contributed by atoms with van der Waals surface area (Å²) >= 11 is 0. The molecule has 1 fully saturated rings. The number of urea groups is 1. The van der Waals surface area contributed by atoms with E-state index in [0.717, 1.165) is 12.1 Å². The normalized spacial score (nSPS) is 15.5. The molecule has 9 heteroatoms. The van der Waals surface area contributed by atoms with Crippen molar-refractivity contribution in [3.8, 4) is 5.75 Å². The van der Waals surface area contributed by atoms with Crippen molar-refractivity contribution >= 4 is 11.9 Å². The molecule has 1 unspecified atom stereocenters. The van der Waals surface area contributed by atoms with Crippen LogP contribution < -0.4 is 5.32 Å². The molecule has 0 radical (unpaired) electrons. The van der Waals surface area contributed by atoms with Gasteiger partial charge in [-0.3, -0.25) is 4.79 Å². The van der Waals surface area contributed by atoms with Crippen LogP contribution in [0.2, 0.25) is 0 Å². The van der Waals surface area contributed by atoms with Crippen molar-refractivity contribution in [3.63, 3.8) is 0 Å². The van der Waals surface area contributed by atoms with Gasteiger partial charge in [-0.1, -0.05) is 26.0 Å². The minimum absolute atomic E-state index is 0.0739. The maximum atomic E-state index is 13.2. The third-order valence-corrected chi connectivity index (χ3v) is 5.59. The van der Waals surface area contributed by atoms with Gasteiger partial charge in [-0.2, -0.15) is 13.2 Å². The summed E-state index contributed by atoms with van der Waals surface area (Å²) in [4.78, 5) is 28.7. The lowest BCUT2D eigenvalue weighted by molar-refractivity contribution is -0.137. The second-order valence-corrected chi connectivity index (χ2v) is 8.58. The van der Waals surface area contributed by atoms with Gasteiger partial charge in [0.25, 0.3) is 5.91 Å². The van der Waals surface area contributed by atoms with Crippen LogP contribution in [0.4, 0.5) is 18.0 Å². The molecule has 1 aliphatic rings. The van der Waals surface area contributed by atoms with Crippen molar-refractivity contribution in [2.45, 2.75) is 32.5 Å². The number of phenolic OH excluding ortho intramolecular Hbond substituents is 1. The SMILES string of the molecule is CC(C)CC(NC(=O)N1CCN(C(=O)c2ccc(O)cc2)CC1)c1cccc(C(F)(F)F)c1. The van der Waals surface area contributed by atoms with Crippen molar-refractivity contribution in [1.82, 2.24) is 15.1 Å². The third-order valence-electron chi connectivity index (χ3n) is 5.59. The maximum absolute atomic E-state index is 13.2. The van der Waals surface area contributed by atoms with Crippen LogP contribution in [0.15, 0.2) is 48.5 Å². The molecule has 3 amide bonds. The molecular formula is C24H28F3N3O3. The molecule has 1 saturated heterocycles. The number of nitrogens with one attached hydrogen (secondary N) is 1. The van der Waals surface area contributed by atoms with Crippen LogP contribution in [0.5, 0.6) is 5.75 Å². The number of aromatic hydroxyl groups is 1. The Bertz CT molecular complexity index is 969. The lowest BCUT2D eigenvalue weighted by Gasteiger charge is -2.36. The molecule has 1 atom stereocenters. The number of carbonyl (C=O) groups is 2. The highest BCUT2D eigenvalue weighted by Crippen LogP contribution is 2.32. The van der Waals surface area contributed by atoms with Crippen LogP contribution in [-0.2, 0) is 6.18 Å². The maximum Gasteiger partial charge on any atom is 0.416 e. The Balaban J connectivity index is 1.64. The highest BCUT2D eigenvalue weighted by atomic mass is 19.4. The standard InChI is InChI=1S/C24H28F3N3O3/c1-16(2)14-21(18-4-3-5-19(15-18)24(25,26)27)28-23(33)30-12-10-29(11-13-30)22(32)17-6-8-20(31)9-7-17/h3-9,15-16,21,31H,10-14H2,1-2H3,(H,28,33). The number of halogens is 3. The highest BCUT2D eigenvalue weighted by molar-refractivity contribution is 5.94. The second-order valence-electron chi connectivity index (χ2n) is 8.58. The zero-order chi connectivity index (χ0) is 24.2. The summed E-state index contributed by atoms with van der Waals surface area (Å²) in [7, 11) is 0. The fourth-order valence-corrected chi connectivity index (χ4v) is 3.82. The fraction of sp³-hybridized carbons (Fsp3) is 0.417. The number of hydrogen-bond donors (Lipinski definition) is 2. The Hall–Kier alpha value is -3.23. The van der Waals surface area contributed by atoms with Crippen LogP contribution in [0, 0.1) is 5.92 Å². The van der Waals surface area contributed by atoms with Crippen molar-refractivity contribution in [1.29, 1.82) is 0 Å². The van der Waals surface area contributed by atoms with E-state index in [1.165, 1.54) is 18.2 Å². The number of carbonyl (C=O) groups excluding carboxylic acids is 2. The van der Waals surface area contributed by atoms with Gasteiger partial charge in [0.2, 0.25) is 0 Å². The van der Waals surface area contributed by atoms with E-state index in [1.54, 1.807) is 28.0 Å². The summed E-state index contributed by atoms with van der Waals surface area (Å²) in [6.07, 6.45) is -3.96. The Morgan fingerprint density at radius 3 is 2.18 bits per heavy atom. The molecule has 0 bridgehead atoms. The topological polar surface area (TPSA) is 72.9 Å². The lowest BCUT2D eigenvalue weighted by atomic mass is 9.95. The number of amides is 3. The van der Waals surface area contributed by atoms with Crippen molar-refractivity contribution < 1.29 is 27.9 Å². The van der Waals surface area contributed by atoms with Crippen molar-refractivity contribution in [2.24, 2.45) is 5.92 Å². The number of piperazine rings is 1. The predicted molar refractivity (Wildman–Crippen MR) is 118 cm³/mol. The monoisotopic (exact) mass is 463 g/mol. The van der Waals surface area contributed by atoms with Crippen molar-refractivity contribution in [2.75, 3.05) is 26.2 Å². The Labute approximate surface area is 191 Å². The van der Waals surface area contributed by atoms with E-state index in [2.05, 4.69) is 5.32 Å². The first-order chi connectivity index (χ1) is 15.5. The summed E-state index contributed by atoms with van der Waals surface area (Å²) in [5.41, 5.74) is 0.115. The molecule has 0 spiro atoms. The summed E-state index contributed by atoms with van der Waals surface area (Å²) in [6, 6.07) is 10.1. The second kappa shape index (κ2) is 10.1. The molecule has 2 aromatic rings. The number of nitrogens with zero attached hydrogens (tertiary/aromatic N) is 2. The smallest absolute Gasteiger partial charge is 0.416 e. The molecule has 6 nitrogen and oxygen atoms in total. The van der Waals surface area contributed by atoms with Crippen LogP contribution in [0.25, 0.3) is 0 Å². The fourth-order valence-electron chi connectivity index (χ4n) is 3.82. The van der Waals surface area contributed by atoms with E-state index in [9.17, 15) is 27.9 Å². The largest absolute Gasteiger partial charge is 0.508 e. The predicted octanol–water partition coefficient (Wildman–Crippen LogP) is 4.67. The highest BCUT2D eigenvalue weighted by Gasteiger charge is 2.32. The zero-order valence-corrected chi connectivity index (χ0v) is 18.6. The molecule has 178 valence electrons. The van der Waals surface area contributed by atoms with Crippen molar-refractivity contribution in [3.05, 3.63) is 65.2 Å². The molecular weight excluding hydrogens is 435 g/mol. The summed E-state index contributed by atoms with van der Waals surface area (Å²) in [5.74, 6) is 0.0473. The number of phenols is 1. The average molecular weight is 464 g/mol. The van der Waals surface area contributed by atoms with Gasteiger partial charge in [-0.25, -0.2) is 4.79 Å². The third kappa shape index (κ3) is 6.40. The molecule has 2 aromatic carbocycles. The van der Waals surface area contributed by atoms with Crippen LogP contribution in [0.1, 0.15) is 47.8 Å². The van der Waals surface area contributed by atoms with Crippen LogP contribution >= 0.6 is 0 Å². The van der Waals surface area contributed by atoms with Gasteiger partial charge in [0.15, 0.2) is 0 Å². The Kier molecular flexibility index (Phi) is 7.50. The molecule has 0 saturated carbocycles. The minimum atomic E-state index is -4.46. The molecule has 1 aliphatic heterocycles.